The predicted molar refractivity (Wildman–Crippen MR) is 360 cm³/mol. The number of unbranched alkanes of at least 4 members (excludes halogenated alkanes) is 35. The molecular formula is C73H133NO18. The maximum absolute atomic E-state index is 13.4. The van der Waals surface area contributed by atoms with Crippen molar-refractivity contribution in [2.75, 3.05) is 26.4 Å². The number of aliphatic hydroxyl groups is 11. The largest absolute Gasteiger partial charge is 0.394 e. The highest BCUT2D eigenvalue weighted by Crippen LogP contribution is 2.33. The number of nitrogens with one attached hydrogen (secondary N) is 1. The van der Waals surface area contributed by atoms with Crippen molar-refractivity contribution in [3.05, 3.63) is 48.6 Å². The van der Waals surface area contributed by atoms with Gasteiger partial charge in [0.2, 0.25) is 5.91 Å². The van der Waals surface area contributed by atoms with Crippen LogP contribution in [0.3, 0.4) is 0 Å². The Labute approximate surface area is 554 Å². The fourth-order valence-electron chi connectivity index (χ4n) is 12.4. The van der Waals surface area contributed by atoms with Crippen molar-refractivity contribution in [3.63, 3.8) is 0 Å². The zero-order valence-corrected chi connectivity index (χ0v) is 57.0. The van der Waals surface area contributed by atoms with Crippen LogP contribution in [0.1, 0.15) is 277 Å². The molecule has 3 heterocycles. The first-order valence-electron chi connectivity index (χ1n) is 36.9. The van der Waals surface area contributed by atoms with Crippen molar-refractivity contribution < 1.29 is 89.4 Å². The van der Waals surface area contributed by atoms with Crippen LogP contribution in [0, 0.1) is 0 Å². The standard InChI is InChI=1S/C73H133NO18/c1-3-5-7-9-11-13-15-16-17-18-19-20-21-22-23-24-25-26-27-28-29-30-31-32-33-34-35-36-37-38-39-40-41-43-45-47-49-51-61(79)74-56(57(78)50-48-46-44-42-14-12-10-8-6-4-2)55-87-71-67(85)64(82)69(59(53-76)89-71)92-73-68(86)65(83)70(60(54-77)90-73)91-72-66(84)63(81)62(80)58(52-75)88-72/h14-16,18-19,42,48,50,56-60,62-73,75-78,80-86H,3-13,17,20-41,43-47,49,51-55H2,1-2H3,(H,74,79)/b16-15-,19-18-,42-14+,50-48+. The van der Waals surface area contributed by atoms with Crippen molar-refractivity contribution in [2.45, 2.75) is 381 Å². The second-order valence-electron chi connectivity index (χ2n) is 26.4. The molecule has 0 bridgehead atoms. The van der Waals surface area contributed by atoms with Gasteiger partial charge in [0.05, 0.1) is 38.6 Å². The molecule has 3 saturated heterocycles. The van der Waals surface area contributed by atoms with Gasteiger partial charge in [-0.05, 0) is 64.2 Å². The topological polar surface area (TPSA) is 307 Å². The molecule has 17 unspecified atom stereocenters. The van der Waals surface area contributed by atoms with Crippen LogP contribution in [0.5, 0.6) is 0 Å². The Bertz CT molecular complexity index is 1860. The van der Waals surface area contributed by atoms with Crippen LogP contribution in [-0.2, 0) is 33.2 Å². The lowest BCUT2D eigenvalue weighted by atomic mass is 9.96. The molecule has 3 rings (SSSR count). The maximum atomic E-state index is 13.4. The molecule has 3 aliphatic rings. The average molecular weight is 1310 g/mol. The third-order valence-electron chi connectivity index (χ3n) is 18.3. The quantitative estimate of drug-likeness (QED) is 0.0199. The second kappa shape index (κ2) is 54.7. The molecule has 92 heavy (non-hydrogen) atoms. The van der Waals surface area contributed by atoms with E-state index in [1.54, 1.807) is 6.08 Å². The summed E-state index contributed by atoms with van der Waals surface area (Å²) >= 11 is 0. The number of ether oxygens (including phenoxy) is 6. The molecule has 19 nitrogen and oxygen atoms in total. The first-order chi connectivity index (χ1) is 44.8. The Balaban J connectivity index is 1.28. The number of rotatable bonds is 57. The average Bonchev–Trinajstić information content (AvgIpc) is 0.803. The minimum Gasteiger partial charge on any atom is -0.394 e. The summed E-state index contributed by atoms with van der Waals surface area (Å²) in [6.07, 6.45) is 40.1. The number of amides is 1. The van der Waals surface area contributed by atoms with Crippen LogP contribution in [0.4, 0.5) is 0 Å². The van der Waals surface area contributed by atoms with E-state index in [-0.39, 0.29) is 18.9 Å². The first-order valence-corrected chi connectivity index (χ1v) is 36.9. The summed E-state index contributed by atoms with van der Waals surface area (Å²) in [5.74, 6) is -0.284. The van der Waals surface area contributed by atoms with Gasteiger partial charge >= 0.3 is 0 Å². The molecule has 538 valence electrons. The summed E-state index contributed by atoms with van der Waals surface area (Å²) in [5, 5.41) is 120. The molecule has 0 aromatic carbocycles. The minimum absolute atomic E-state index is 0.238. The zero-order valence-electron chi connectivity index (χ0n) is 57.0. The molecule has 0 aromatic heterocycles. The van der Waals surface area contributed by atoms with Crippen LogP contribution in [0.15, 0.2) is 48.6 Å². The Morgan fingerprint density at radius 3 is 1.16 bits per heavy atom. The van der Waals surface area contributed by atoms with Gasteiger partial charge in [-0.1, -0.05) is 255 Å². The van der Waals surface area contributed by atoms with Crippen molar-refractivity contribution in [2.24, 2.45) is 0 Å². The second-order valence-corrected chi connectivity index (χ2v) is 26.4. The summed E-state index contributed by atoms with van der Waals surface area (Å²) in [5.41, 5.74) is 0. The summed E-state index contributed by atoms with van der Waals surface area (Å²) in [6.45, 7) is 1.67. The summed E-state index contributed by atoms with van der Waals surface area (Å²) in [7, 11) is 0. The van der Waals surface area contributed by atoms with Gasteiger partial charge in [-0.2, -0.15) is 0 Å². The number of aliphatic hydroxyl groups excluding tert-OH is 11. The van der Waals surface area contributed by atoms with Gasteiger partial charge in [-0.25, -0.2) is 0 Å². The first kappa shape index (κ1) is 84.0. The lowest BCUT2D eigenvalue weighted by Crippen LogP contribution is -2.66. The van der Waals surface area contributed by atoms with E-state index in [0.717, 1.165) is 44.9 Å². The molecule has 0 aliphatic carbocycles. The zero-order chi connectivity index (χ0) is 66.8. The fourth-order valence-corrected chi connectivity index (χ4v) is 12.4. The van der Waals surface area contributed by atoms with E-state index in [9.17, 15) is 61.0 Å². The van der Waals surface area contributed by atoms with Gasteiger partial charge in [0.25, 0.3) is 0 Å². The Kier molecular flexibility index (Phi) is 50.0. The maximum Gasteiger partial charge on any atom is 0.220 e. The molecule has 0 saturated carbocycles. The van der Waals surface area contributed by atoms with Crippen LogP contribution >= 0.6 is 0 Å². The van der Waals surface area contributed by atoms with Gasteiger partial charge in [-0.15, -0.1) is 0 Å². The van der Waals surface area contributed by atoms with Crippen LogP contribution < -0.4 is 5.32 Å². The number of carbonyl (C=O) groups is 1. The third kappa shape index (κ3) is 35.8. The highest BCUT2D eigenvalue weighted by atomic mass is 16.8. The highest BCUT2D eigenvalue weighted by molar-refractivity contribution is 5.76. The van der Waals surface area contributed by atoms with Gasteiger partial charge in [0.1, 0.15) is 73.2 Å². The smallest absolute Gasteiger partial charge is 0.220 e. The number of hydrogen-bond acceptors (Lipinski definition) is 18. The minimum atomic E-state index is -1.98. The van der Waals surface area contributed by atoms with Crippen molar-refractivity contribution in [1.82, 2.24) is 5.32 Å². The van der Waals surface area contributed by atoms with E-state index in [2.05, 4.69) is 55.6 Å². The molecule has 0 aromatic rings. The van der Waals surface area contributed by atoms with Crippen LogP contribution in [0.2, 0.25) is 0 Å². The summed E-state index contributed by atoms with van der Waals surface area (Å²) in [6, 6.07) is -0.987. The van der Waals surface area contributed by atoms with Crippen LogP contribution in [0.25, 0.3) is 0 Å². The van der Waals surface area contributed by atoms with Crippen LogP contribution in [-0.4, -0.2) is 193 Å². The molecule has 3 aliphatic heterocycles. The fraction of sp³-hybridized carbons (Fsp3) is 0.877. The van der Waals surface area contributed by atoms with Gasteiger partial charge in [0, 0.05) is 6.42 Å². The van der Waals surface area contributed by atoms with E-state index < -0.39 is 124 Å². The molecule has 0 radical (unpaired) electrons. The molecule has 1 amide bonds. The van der Waals surface area contributed by atoms with Crippen molar-refractivity contribution in [1.29, 1.82) is 0 Å². The van der Waals surface area contributed by atoms with Gasteiger partial charge in [-0.3, -0.25) is 4.79 Å². The monoisotopic (exact) mass is 1310 g/mol. The van der Waals surface area contributed by atoms with E-state index in [4.69, 9.17) is 28.4 Å². The van der Waals surface area contributed by atoms with E-state index >= 15 is 0 Å². The Hall–Kier alpha value is -2.25. The molecule has 3 fully saturated rings. The van der Waals surface area contributed by atoms with E-state index in [1.165, 1.54) is 199 Å². The Morgan fingerprint density at radius 1 is 0.391 bits per heavy atom. The molecule has 0 spiro atoms. The van der Waals surface area contributed by atoms with Crippen molar-refractivity contribution in [3.8, 4) is 0 Å². The molecule has 12 N–H and O–H groups in total. The van der Waals surface area contributed by atoms with Gasteiger partial charge < -0.3 is 89.9 Å². The van der Waals surface area contributed by atoms with E-state index in [0.29, 0.717) is 12.8 Å². The predicted octanol–water partition coefficient (Wildman–Crippen LogP) is 10.6. The Morgan fingerprint density at radius 2 is 0.728 bits per heavy atom. The lowest BCUT2D eigenvalue weighted by molar-refractivity contribution is -0.379. The normalized spacial score (nSPS) is 27.9. The summed E-state index contributed by atoms with van der Waals surface area (Å²) < 4.78 is 34.3. The van der Waals surface area contributed by atoms with Crippen molar-refractivity contribution >= 4 is 5.91 Å². The number of hydrogen-bond donors (Lipinski definition) is 12. The third-order valence-corrected chi connectivity index (χ3v) is 18.3. The lowest BCUT2D eigenvalue weighted by Gasteiger charge is -2.48. The highest BCUT2D eigenvalue weighted by Gasteiger charge is 2.53. The molecule has 19 heteroatoms. The SMILES string of the molecule is CCCCCC/C=C/CC/C=C/C(O)C(COC1OC(CO)C(OC2OC(CO)C(OC3OC(CO)C(O)C(O)C3O)C(O)C2O)C(O)C1O)NC(=O)CCCCCCCCCCCCCCCCCCCCCCCCCCC/C=C\C/C=C\CCCCCCC. The molecule has 17 atom stereocenters. The van der Waals surface area contributed by atoms with E-state index in [1.807, 2.05) is 6.08 Å². The molecular weight excluding hydrogens is 1180 g/mol. The van der Waals surface area contributed by atoms with Gasteiger partial charge in [0.15, 0.2) is 18.9 Å². The number of allylic oxidation sites excluding steroid dienone is 7. The number of carbonyl (C=O) groups excluding carboxylic acids is 1. The summed E-state index contributed by atoms with van der Waals surface area (Å²) in [4.78, 5) is 13.4.